The van der Waals surface area contributed by atoms with Crippen molar-refractivity contribution in [2.24, 2.45) is 0 Å². The van der Waals surface area contributed by atoms with Gasteiger partial charge in [-0.2, -0.15) is 0 Å². The zero-order valence-corrected chi connectivity index (χ0v) is 21.5. The molecule has 7 rings (SSSR count). The fourth-order valence-corrected chi connectivity index (χ4v) is 7.12. The first-order valence-corrected chi connectivity index (χ1v) is 13.7. The normalized spacial score (nSPS) is 16.9. The van der Waals surface area contributed by atoms with Crippen LogP contribution in [0.2, 0.25) is 0 Å². The molecule has 2 aromatic heterocycles. The number of fused-ring (bicyclic) bond motifs is 4. The summed E-state index contributed by atoms with van der Waals surface area (Å²) in [6, 6.07) is 26.2. The second kappa shape index (κ2) is 7.54. The predicted octanol–water partition coefficient (Wildman–Crippen LogP) is 7.06. The van der Waals surface area contributed by atoms with Crippen LogP contribution in [0.5, 0.6) is 0 Å². The summed E-state index contributed by atoms with van der Waals surface area (Å²) < 4.78 is 7.59. The average Bonchev–Trinajstić information content (AvgIpc) is 3.58. The Bertz CT molecular complexity index is 1700. The van der Waals surface area contributed by atoms with Crippen LogP contribution in [-0.4, -0.2) is 26.1 Å². The van der Waals surface area contributed by atoms with Crippen molar-refractivity contribution in [3.05, 3.63) is 117 Å². The second-order valence-electron chi connectivity index (χ2n) is 9.75. The topological polar surface area (TPSA) is 50.5 Å². The molecule has 0 fully saturated rings. The molecule has 5 aromatic rings. The van der Waals surface area contributed by atoms with E-state index in [0.717, 1.165) is 26.6 Å². The van der Waals surface area contributed by atoms with E-state index >= 15 is 0 Å². The van der Waals surface area contributed by atoms with Crippen molar-refractivity contribution >= 4 is 59.1 Å². The molecule has 3 aromatic carbocycles. The SMILES string of the molecule is CC1(C)c2ccccc2N(c2ccccc2)c2oc(/C=C3/C(=O)c4cc5cc[se]c5cc4C3=O)cc21. The molecule has 2 aliphatic rings. The number of furan rings is 1. The molecule has 174 valence electrons. The third kappa shape index (κ3) is 2.94. The predicted molar refractivity (Wildman–Crippen MR) is 143 cm³/mol. The van der Waals surface area contributed by atoms with Crippen molar-refractivity contribution in [2.45, 2.75) is 19.3 Å². The number of hydrogen-bond donors (Lipinski definition) is 0. The van der Waals surface area contributed by atoms with Crippen LogP contribution in [-0.2, 0) is 5.41 Å². The molecule has 0 spiro atoms. The van der Waals surface area contributed by atoms with Crippen molar-refractivity contribution in [1.29, 1.82) is 0 Å². The summed E-state index contributed by atoms with van der Waals surface area (Å²) in [5.41, 5.74) is 5.08. The molecule has 1 aliphatic carbocycles. The molecule has 0 bridgehead atoms. The average molecular weight is 534 g/mol. The third-order valence-corrected chi connectivity index (χ3v) is 9.14. The van der Waals surface area contributed by atoms with Gasteiger partial charge in [0, 0.05) is 0 Å². The quantitative estimate of drug-likeness (QED) is 0.138. The summed E-state index contributed by atoms with van der Waals surface area (Å²) >= 11 is 0.210. The molecular formula is C31H21NO3Se. The van der Waals surface area contributed by atoms with Gasteiger partial charge in [-0.15, -0.1) is 0 Å². The first-order valence-electron chi connectivity index (χ1n) is 11.8. The Morgan fingerprint density at radius 1 is 0.833 bits per heavy atom. The standard InChI is InChI=1S/C31H21NO3Se/c1-31(2)24-10-6-7-11-26(24)32(19-8-4-3-5-9-19)30-25(31)16-20(35-30)15-23-28(33)21-14-18-12-13-36-27(18)17-22(21)29(23)34/h3-17H,1-2H3/b23-15-. The van der Waals surface area contributed by atoms with Gasteiger partial charge in [-0.25, -0.2) is 0 Å². The van der Waals surface area contributed by atoms with Crippen LogP contribution in [0.15, 0.2) is 93.8 Å². The molecule has 0 radical (unpaired) electrons. The molecular weight excluding hydrogens is 513 g/mol. The number of rotatable bonds is 2. The van der Waals surface area contributed by atoms with Gasteiger partial charge in [-0.1, -0.05) is 30.3 Å². The van der Waals surface area contributed by atoms with E-state index in [2.05, 4.69) is 54.0 Å². The monoisotopic (exact) mass is 535 g/mol. The Morgan fingerprint density at radius 3 is 2.36 bits per heavy atom. The molecule has 0 amide bonds. The molecule has 1 aliphatic heterocycles. The van der Waals surface area contributed by atoms with Gasteiger partial charge >= 0.3 is 184 Å². The number of nitrogens with zero attached hydrogens (tertiary/aromatic N) is 1. The maximum atomic E-state index is 13.3. The molecule has 0 saturated heterocycles. The van der Waals surface area contributed by atoms with Gasteiger partial charge < -0.3 is 0 Å². The number of anilines is 3. The Hall–Kier alpha value is -3.92. The Kier molecular flexibility index (Phi) is 4.47. The zero-order chi connectivity index (χ0) is 24.6. The number of para-hydroxylation sites is 2. The first-order chi connectivity index (χ1) is 17.4. The number of Topliss-reactive ketones (excluding diaryl/α,β-unsaturated/α-hetero) is 2. The van der Waals surface area contributed by atoms with E-state index in [-0.39, 0.29) is 37.1 Å². The van der Waals surface area contributed by atoms with Crippen molar-refractivity contribution in [3.63, 3.8) is 0 Å². The van der Waals surface area contributed by atoms with Gasteiger partial charge in [0.2, 0.25) is 0 Å². The van der Waals surface area contributed by atoms with Crippen LogP contribution >= 0.6 is 0 Å². The van der Waals surface area contributed by atoms with E-state index in [1.165, 1.54) is 5.56 Å². The summed E-state index contributed by atoms with van der Waals surface area (Å²) in [6.45, 7) is 4.36. The molecule has 0 unspecified atom stereocenters. The van der Waals surface area contributed by atoms with Crippen LogP contribution < -0.4 is 4.90 Å². The molecule has 0 atom stereocenters. The van der Waals surface area contributed by atoms with Crippen LogP contribution in [0.1, 0.15) is 51.5 Å². The van der Waals surface area contributed by atoms with Crippen LogP contribution in [0.25, 0.3) is 15.7 Å². The van der Waals surface area contributed by atoms with E-state index < -0.39 is 0 Å². The fraction of sp³-hybridized carbons (Fsp3) is 0.0968. The van der Waals surface area contributed by atoms with Gasteiger partial charge in [0.25, 0.3) is 0 Å². The van der Waals surface area contributed by atoms with Gasteiger partial charge in [-0.3, -0.25) is 0 Å². The minimum atomic E-state index is -0.320. The zero-order valence-electron chi connectivity index (χ0n) is 19.7. The van der Waals surface area contributed by atoms with Gasteiger partial charge in [-0.05, 0) is 0 Å². The van der Waals surface area contributed by atoms with E-state index in [1.54, 1.807) is 6.08 Å². The maximum absolute atomic E-state index is 13.3. The van der Waals surface area contributed by atoms with E-state index in [1.807, 2.05) is 48.5 Å². The Balaban J connectivity index is 1.39. The van der Waals surface area contributed by atoms with Crippen molar-refractivity contribution in [3.8, 4) is 0 Å². The van der Waals surface area contributed by atoms with Crippen LogP contribution in [0.4, 0.5) is 17.3 Å². The summed E-state index contributed by atoms with van der Waals surface area (Å²) in [5, 5.41) is 1.04. The second-order valence-corrected chi connectivity index (χ2v) is 11.7. The molecule has 3 heterocycles. The minimum absolute atomic E-state index is 0.165. The van der Waals surface area contributed by atoms with Crippen LogP contribution in [0, 0.1) is 0 Å². The van der Waals surface area contributed by atoms with Gasteiger partial charge in [0.05, 0.1) is 0 Å². The summed E-state index contributed by atoms with van der Waals surface area (Å²) in [4.78, 5) is 30.8. The first kappa shape index (κ1) is 21.4. The number of ketones is 2. The summed E-state index contributed by atoms with van der Waals surface area (Å²) in [5.74, 6) is 0.752. The number of carbonyl (C=O) groups excluding carboxylic acids is 2. The molecule has 4 nitrogen and oxygen atoms in total. The fourth-order valence-electron chi connectivity index (χ4n) is 5.42. The number of carbonyl (C=O) groups is 2. The molecule has 0 N–H and O–H groups in total. The van der Waals surface area contributed by atoms with Crippen molar-refractivity contribution < 1.29 is 14.0 Å². The number of hydrogen-bond acceptors (Lipinski definition) is 4. The Morgan fingerprint density at radius 2 is 1.56 bits per heavy atom. The molecule has 36 heavy (non-hydrogen) atoms. The van der Waals surface area contributed by atoms with Crippen molar-refractivity contribution in [1.82, 2.24) is 0 Å². The summed E-state index contributed by atoms with van der Waals surface area (Å²) in [7, 11) is 0. The Labute approximate surface area is 214 Å². The van der Waals surface area contributed by atoms with E-state index in [4.69, 9.17) is 4.42 Å². The molecule has 5 heteroatoms. The van der Waals surface area contributed by atoms with Gasteiger partial charge in [0.15, 0.2) is 0 Å². The van der Waals surface area contributed by atoms with Crippen LogP contribution in [0.3, 0.4) is 0 Å². The van der Waals surface area contributed by atoms with Gasteiger partial charge in [0.1, 0.15) is 0 Å². The summed E-state index contributed by atoms with van der Waals surface area (Å²) in [6.07, 6.45) is 1.62. The molecule has 0 saturated carbocycles. The third-order valence-electron chi connectivity index (χ3n) is 7.30. The number of allylic oxidation sites excluding steroid dienone is 1. The van der Waals surface area contributed by atoms with E-state index in [9.17, 15) is 9.59 Å². The van der Waals surface area contributed by atoms with Crippen molar-refractivity contribution in [2.75, 3.05) is 4.90 Å². The van der Waals surface area contributed by atoms with E-state index in [0.29, 0.717) is 22.8 Å². The number of benzene rings is 3.